The molecule has 98 valence electrons. The highest BCUT2D eigenvalue weighted by Gasteiger charge is 2.28. The van der Waals surface area contributed by atoms with Crippen molar-refractivity contribution in [2.45, 2.75) is 26.2 Å². The second-order valence-corrected chi connectivity index (χ2v) is 5.59. The topological polar surface area (TPSA) is 48.6 Å². The van der Waals surface area contributed by atoms with Crippen LogP contribution < -0.4 is 0 Å². The van der Waals surface area contributed by atoms with Gasteiger partial charge in [0.25, 0.3) is 0 Å². The van der Waals surface area contributed by atoms with Crippen molar-refractivity contribution in [3.05, 3.63) is 51.6 Å². The van der Waals surface area contributed by atoms with Gasteiger partial charge in [-0.3, -0.25) is 4.79 Å². The van der Waals surface area contributed by atoms with Crippen LogP contribution in [0.3, 0.4) is 0 Å². The number of aromatic amines is 2. The van der Waals surface area contributed by atoms with Gasteiger partial charge in [0.15, 0.2) is 10.6 Å². The van der Waals surface area contributed by atoms with Crippen molar-refractivity contribution >= 4 is 18.0 Å². The van der Waals surface area contributed by atoms with Crippen LogP contribution in [0.4, 0.5) is 0 Å². The highest BCUT2D eigenvalue weighted by atomic mass is 32.1. The number of rotatable bonds is 2. The first-order chi connectivity index (χ1) is 9.15. The molecule has 1 aromatic carbocycles. The lowest BCUT2D eigenvalue weighted by Crippen LogP contribution is -2.25. The van der Waals surface area contributed by atoms with E-state index in [0.29, 0.717) is 4.77 Å². The molecule has 0 radical (unpaired) electrons. The normalized spacial score (nSPS) is 18.4. The summed E-state index contributed by atoms with van der Waals surface area (Å²) in [6.07, 6.45) is 4.50. The zero-order valence-electron chi connectivity index (χ0n) is 10.8. The number of Topliss-reactive ketones (excluding diaryl/α,β-unsaturated/α-hetero) is 1. The number of hydrogen-bond acceptors (Lipinski definition) is 2. The number of benzene rings is 1. The number of imidazole rings is 1. The molecule has 1 unspecified atom stereocenters. The van der Waals surface area contributed by atoms with E-state index < -0.39 is 0 Å². The van der Waals surface area contributed by atoms with E-state index in [1.807, 2.05) is 25.3 Å². The molecule has 1 atom stereocenters. The summed E-state index contributed by atoms with van der Waals surface area (Å²) in [5, 5.41) is 0. The fourth-order valence-electron chi connectivity index (χ4n) is 2.90. The van der Waals surface area contributed by atoms with Gasteiger partial charge in [-0.15, -0.1) is 0 Å². The Hall–Kier alpha value is -1.68. The van der Waals surface area contributed by atoms with Crippen molar-refractivity contribution < 1.29 is 4.79 Å². The first kappa shape index (κ1) is 12.4. The predicted molar refractivity (Wildman–Crippen MR) is 77.0 cm³/mol. The van der Waals surface area contributed by atoms with Crippen LogP contribution in [0.1, 0.15) is 33.6 Å². The first-order valence-corrected chi connectivity index (χ1v) is 6.95. The number of fused-ring (bicyclic) bond motifs is 1. The van der Waals surface area contributed by atoms with Gasteiger partial charge < -0.3 is 9.97 Å². The van der Waals surface area contributed by atoms with E-state index in [4.69, 9.17) is 12.2 Å². The monoisotopic (exact) mass is 272 g/mol. The number of carbonyl (C=O) groups is 1. The van der Waals surface area contributed by atoms with Crippen LogP contribution >= 0.6 is 12.2 Å². The molecule has 0 saturated carbocycles. The molecule has 1 aliphatic rings. The van der Waals surface area contributed by atoms with Gasteiger partial charge in [0.1, 0.15) is 0 Å². The second kappa shape index (κ2) is 4.78. The zero-order valence-corrected chi connectivity index (χ0v) is 11.6. The quantitative estimate of drug-likeness (QED) is 0.823. The van der Waals surface area contributed by atoms with E-state index in [9.17, 15) is 4.79 Å². The van der Waals surface area contributed by atoms with Crippen LogP contribution in [0.25, 0.3) is 0 Å². The van der Waals surface area contributed by atoms with E-state index in [1.54, 1.807) is 0 Å². The molecule has 4 heteroatoms. The summed E-state index contributed by atoms with van der Waals surface area (Å²) in [5.74, 6) is 0.343. The molecular weight excluding hydrogens is 256 g/mol. The minimum Gasteiger partial charge on any atom is -0.337 e. The molecule has 1 aromatic heterocycles. The molecule has 3 nitrogen and oxygen atoms in total. The molecule has 19 heavy (non-hydrogen) atoms. The smallest absolute Gasteiger partial charge is 0.174 e. The summed E-state index contributed by atoms with van der Waals surface area (Å²) in [6.45, 7) is 2.02. The number of aryl methyl sites for hydroxylation is 2. The molecule has 0 fully saturated rings. The van der Waals surface area contributed by atoms with Gasteiger partial charge in [0.05, 0.1) is 0 Å². The fraction of sp³-hybridized carbons (Fsp3) is 0.333. The van der Waals surface area contributed by atoms with Gasteiger partial charge in [0.2, 0.25) is 0 Å². The largest absolute Gasteiger partial charge is 0.337 e. The Labute approximate surface area is 117 Å². The Kier molecular flexibility index (Phi) is 3.11. The summed E-state index contributed by atoms with van der Waals surface area (Å²) in [6, 6.07) is 6.12. The molecule has 1 heterocycles. The molecule has 0 saturated heterocycles. The number of aromatic nitrogens is 2. The van der Waals surface area contributed by atoms with Crippen molar-refractivity contribution in [2.24, 2.45) is 5.92 Å². The highest BCUT2D eigenvalue weighted by Crippen LogP contribution is 2.29. The van der Waals surface area contributed by atoms with Gasteiger partial charge in [0, 0.05) is 23.4 Å². The Morgan fingerprint density at radius 3 is 3.00 bits per heavy atom. The first-order valence-electron chi connectivity index (χ1n) is 6.54. The van der Waals surface area contributed by atoms with Crippen molar-refractivity contribution in [3.63, 3.8) is 0 Å². The van der Waals surface area contributed by atoms with Gasteiger partial charge in [-0.05, 0) is 49.5 Å². The Bertz CT molecular complexity index is 683. The summed E-state index contributed by atoms with van der Waals surface area (Å²) >= 11 is 5.02. The summed E-state index contributed by atoms with van der Waals surface area (Å²) in [4.78, 5) is 18.6. The van der Waals surface area contributed by atoms with Gasteiger partial charge >= 0.3 is 0 Å². The van der Waals surface area contributed by atoms with Crippen LogP contribution in [-0.2, 0) is 12.8 Å². The summed E-state index contributed by atoms with van der Waals surface area (Å²) in [5.41, 5.74) is 4.24. The number of carbonyl (C=O) groups excluding carboxylic acids is 1. The van der Waals surface area contributed by atoms with Crippen LogP contribution in [0.15, 0.2) is 24.4 Å². The molecule has 3 rings (SSSR count). The summed E-state index contributed by atoms with van der Waals surface area (Å²) in [7, 11) is 0. The number of hydrogen-bond donors (Lipinski definition) is 2. The Balaban J connectivity index is 1.89. The Morgan fingerprint density at radius 2 is 2.26 bits per heavy atom. The van der Waals surface area contributed by atoms with Crippen LogP contribution in [0.2, 0.25) is 0 Å². The Morgan fingerprint density at radius 1 is 1.42 bits per heavy atom. The molecule has 0 amide bonds. The minimum absolute atomic E-state index is 0.0649. The molecule has 0 aliphatic heterocycles. The maximum atomic E-state index is 12.6. The van der Waals surface area contributed by atoms with Crippen LogP contribution in [0, 0.1) is 17.6 Å². The SMILES string of the molecule is Cc1cccc2c1C(=O)C(Cc1c[nH]c(=S)[nH]1)CC2. The van der Waals surface area contributed by atoms with Crippen molar-refractivity contribution in [3.8, 4) is 0 Å². The lowest BCUT2D eigenvalue weighted by atomic mass is 9.79. The third-order valence-electron chi connectivity index (χ3n) is 3.86. The maximum absolute atomic E-state index is 12.6. The van der Waals surface area contributed by atoms with Gasteiger partial charge in [-0.2, -0.15) is 0 Å². The zero-order chi connectivity index (χ0) is 13.4. The van der Waals surface area contributed by atoms with E-state index >= 15 is 0 Å². The standard InChI is InChI=1S/C15H16N2OS/c1-9-3-2-4-10-5-6-11(14(18)13(9)10)7-12-8-16-15(19)17-12/h2-4,8,11H,5-7H2,1H3,(H2,16,17,19). The van der Waals surface area contributed by atoms with Crippen LogP contribution in [-0.4, -0.2) is 15.8 Å². The van der Waals surface area contributed by atoms with E-state index in [0.717, 1.165) is 36.1 Å². The molecular formula is C15H16N2OS. The number of nitrogens with one attached hydrogen (secondary N) is 2. The molecule has 0 bridgehead atoms. The van der Waals surface area contributed by atoms with Crippen LogP contribution in [0.5, 0.6) is 0 Å². The summed E-state index contributed by atoms with van der Waals surface area (Å²) < 4.78 is 0.620. The molecule has 0 spiro atoms. The minimum atomic E-state index is 0.0649. The van der Waals surface area contributed by atoms with E-state index in [-0.39, 0.29) is 11.7 Å². The number of H-pyrrole nitrogens is 2. The predicted octanol–water partition coefficient (Wildman–Crippen LogP) is 3.37. The van der Waals surface area contributed by atoms with Gasteiger partial charge in [-0.1, -0.05) is 18.2 Å². The average Bonchev–Trinajstić information content (AvgIpc) is 2.78. The van der Waals surface area contributed by atoms with E-state index in [1.165, 1.54) is 5.56 Å². The molecule has 2 N–H and O–H groups in total. The van der Waals surface area contributed by atoms with Crippen molar-refractivity contribution in [1.82, 2.24) is 9.97 Å². The highest BCUT2D eigenvalue weighted by molar-refractivity contribution is 7.71. The lowest BCUT2D eigenvalue weighted by molar-refractivity contribution is 0.0900. The third kappa shape index (κ3) is 2.28. The number of ketones is 1. The lowest BCUT2D eigenvalue weighted by Gasteiger charge is -2.24. The average molecular weight is 272 g/mol. The second-order valence-electron chi connectivity index (χ2n) is 5.18. The maximum Gasteiger partial charge on any atom is 0.174 e. The van der Waals surface area contributed by atoms with Crippen molar-refractivity contribution in [2.75, 3.05) is 0 Å². The molecule has 1 aliphatic carbocycles. The fourth-order valence-corrected chi connectivity index (χ4v) is 3.09. The van der Waals surface area contributed by atoms with Gasteiger partial charge in [-0.25, -0.2) is 0 Å². The van der Waals surface area contributed by atoms with Crippen molar-refractivity contribution in [1.29, 1.82) is 0 Å². The molecule has 2 aromatic rings. The van der Waals surface area contributed by atoms with E-state index in [2.05, 4.69) is 16.0 Å². The third-order valence-corrected chi connectivity index (χ3v) is 4.08.